The number of nitrogens with one attached hydrogen (secondary N) is 1. The Bertz CT molecular complexity index is 434. The van der Waals surface area contributed by atoms with Crippen molar-refractivity contribution >= 4 is 11.9 Å². The molecular weight excluding hydrogens is 256 g/mol. The highest BCUT2D eigenvalue weighted by molar-refractivity contribution is 5.86. The molecule has 0 radical (unpaired) electrons. The predicted molar refractivity (Wildman–Crippen MR) is 77.2 cm³/mol. The van der Waals surface area contributed by atoms with Crippen LogP contribution in [0.2, 0.25) is 0 Å². The highest BCUT2D eigenvalue weighted by Crippen LogP contribution is 2.06. The summed E-state index contributed by atoms with van der Waals surface area (Å²) >= 11 is 0. The van der Waals surface area contributed by atoms with Crippen LogP contribution in [0.25, 0.3) is 0 Å². The SMILES string of the molecule is CCCC(N)C(=O)NC(CCc1ccccc1)C(=O)O. The molecule has 0 saturated carbocycles. The smallest absolute Gasteiger partial charge is 0.326 e. The third-order valence-electron chi connectivity index (χ3n) is 3.12. The van der Waals surface area contributed by atoms with Gasteiger partial charge in [-0.3, -0.25) is 4.79 Å². The third kappa shape index (κ3) is 5.40. The van der Waals surface area contributed by atoms with Crippen LogP contribution in [0.15, 0.2) is 30.3 Å². The molecule has 5 nitrogen and oxygen atoms in total. The number of carboxylic acids is 1. The van der Waals surface area contributed by atoms with Crippen molar-refractivity contribution in [2.75, 3.05) is 0 Å². The topological polar surface area (TPSA) is 92.4 Å². The van der Waals surface area contributed by atoms with Crippen molar-refractivity contribution in [2.45, 2.75) is 44.7 Å². The lowest BCUT2D eigenvalue weighted by atomic mass is 10.0. The molecular formula is C15H22N2O3. The summed E-state index contributed by atoms with van der Waals surface area (Å²) in [5.41, 5.74) is 6.73. The minimum atomic E-state index is -1.03. The summed E-state index contributed by atoms with van der Waals surface area (Å²) in [6.07, 6.45) is 2.29. The van der Waals surface area contributed by atoms with E-state index in [0.29, 0.717) is 19.3 Å². The number of rotatable bonds is 8. The van der Waals surface area contributed by atoms with Gasteiger partial charge in [0.25, 0.3) is 0 Å². The van der Waals surface area contributed by atoms with Crippen molar-refractivity contribution in [3.05, 3.63) is 35.9 Å². The van der Waals surface area contributed by atoms with Gasteiger partial charge in [-0.25, -0.2) is 4.79 Å². The summed E-state index contributed by atoms with van der Waals surface area (Å²) in [5, 5.41) is 11.7. The number of carbonyl (C=O) groups is 2. The second kappa shape index (κ2) is 8.32. The monoisotopic (exact) mass is 278 g/mol. The van der Waals surface area contributed by atoms with Gasteiger partial charge >= 0.3 is 5.97 Å². The van der Waals surface area contributed by atoms with Crippen LogP contribution < -0.4 is 11.1 Å². The van der Waals surface area contributed by atoms with Gasteiger partial charge in [0, 0.05) is 0 Å². The van der Waals surface area contributed by atoms with E-state index in [1.54, 1.807) is 0 Å². The molecule has 0 spiro atoms. The van der Waals surface area contributed by atoms with Crippen LogP contribution in [0.4, 0.5) is 0 Å². The van der Waals surface area contributed by atoms with E-state index in [2.05, 4.69) is 5.32 Å². The highest BCUT2D eigenvalue weighted by atomic mass is 16.4. The van der Waals surface area contributed by atoms with E-state index in [9.17, 15) is 9.59 Å². The molecule has 4 N–H and O–H groups in total. The van der Waals surface area contributed by atoms with Crippen LogP contribution in [0.1, 0.15) is 31.7 Å². The molecule has 1 amide bonds. The van der Waals surface area contributed by atoms with Crippen LogP contribution in [0, 0.1) is 0 Å². The summed E-state index contributed by atoms with van der Waals surface area (Å²) in [5.74, 6) is -1.43. The number of aryl methyl sites for hydroxylation is 1. The van der Waals surface area contributed by atoms with E-state index in [1.165, 1.54) is 0 Å². The zero-order valence-corrected chi connectivity index (χ0v) is 11.7. The first-order valence-electron chi connectivity index (χ1n) is 6.87. The molecule has 1 aromatic carbocycles. The number of hydrogen-bond donors (Lipinski definition) is 3. The Morgan fingerprint density at radius 2 is 1.90 bits per heavy atom. The second-order valence-corrected chi connectivity index (χ2v) is 4.82. The van der Waals surface area contributed by atoms with Crippen molar-refractivity contribution in [1.29, 1.82) is 0 Å². The molecule has 5 heteroatoms. The Kier molecular flexibility index (Phi) is 6.73. The third-order valence-corrected chi connectivity index (χ3v) is 3.12. The second-order valence-electron chi connectivity index (χ2n) is 4.82. The fraction of sp³-hybridized carbons (Fsp3) is 0.467. The van der Waals surface area contributed by atoms with Gasteiger partial charge in [-0.2, -0.15) is 0 Å². The van der Waals surface area contributed by atoms with Crippen LogP contribution in [-0.2, 0) is 16.0 Å². The van der Waals surface area contributed by atoms with E-state index in [1.807, 2.05) is 37.3 Å². The predicted octanol–water partition coefficient (Wildman–Crippen LogP) is 1.32. The molecule has 2 unspecified atom stereocenters. The summed E-state index contributed by atoms with van der Waals surface area (Å²) in [7, 11) is 0. The van der Waals surface area contributed by atoms with E-state index in [-0.39, 0.29) is 0 Å². The first-order valence-corrected chi connectivity index (χ1v) is 6.87. The number of carbonyl (C=O) groups excluding carboxylic acids is 1. The fourth-order valence-corrected chi connectivity index (χ4v) is 1.93. The van der Waals surface area contributed by atoms with Gasteiger partial charge in [-0.05, 0) is 24.8 Å². The average molecular weight is 278 g/mol. The summed E-state index contributed by atoms with van der Waals surface area (Å²) in [6, 6.07) is 8.04. The van der Waals surface area contributed by atoms with Crippen molar-refractivity contribution < 1.29 is 14.7 Å². The number of amides is 1. The van der Waals surface area contributed by atoms with Gasteiger partial charge in [0.15, 0.2) is 0 Å². The number of aliphatic carboxylic acids is 1. The molecule has 0 saturated heterocycles. The molecule has 1 rings (SSSR count). The molecule has 0 heterocycles. The molecule has 0 aliphatic heterocycles. The van der Waals surface area contributed by atoms with Crippen LogP contribution in [0.3, 0.4) is 0 Å². The Labute approximate surface area is 119 Å². The molecule has 2 atom stereocenters. The van der Waals surface area contributed by atoms with Crippen LogP contribution in [-0.4, -0.2) is 29.1 Å². The standard InChI is InChI=1S/C15H22N2O3/c1-2-6-12(16)14(18)17-13(15(19)20)10-9-11-7-4-3-5-8-11/h3-5,7-8,12-13H,2,6,9-10,16H2,1H3,(H,17,18)(H,19,20). The molecule has 110 valence electrons. The van der Waals surface area contributed by atoms with Crippen LogP contribution >= 0.6 is 0 Å². The maximum atomic E-state index is 11.8. The van der Waals surface area contributed by atoms with E-state index in [0.717, 1.165) is 12.0 Å². The quantitative estimate of drug-likeness (QED) is 0.668. The van der Waals surface area contributed by atoms with Gasteiger partial charge in [0.1, 0.15) is 6.04 Å². The number of hydrogen-bond acceptors (Lipinski definition) is 3. The van der Waals surface area contributed by atoms with Gasteiger partial charge < -0.3 is 16.2 Å². The Morgan fingerprint density at radius 3 is 2.45 bits per heavy atom. The van der Waals surface area contributed by atoms with E-state index < -0.39 is 24.0 Å². The zero-order chi connectivity index (χ0) is 15.0. The van der Waals surface area contributed by atoms with E-state index in [4.69, 9.17) is 10.8 Å². The number of benzene rings is 1. The van der Waals surface area contributed by atoms with Crippen molar-refractivity contribution in [1.82, 2.24) is 5.32 Å². The minimum absolute atomic E-state index is 0.351. The lowest BCUT2D eigenvalue weighted by Crippen LogP contribution is -2.48. The van der Waals surface area contributed by atoms with Gasteiger partial charge in [0.2, 0.25) is 5.91 Å². The minimum Gasteiger partial charge on any atom is -0.480 e. The van der Waals surface area contributed by atoms with Gasteiger partial charge in [0.05, 0.1) is 6.04 Å². The highest BCUT2D eigenvalue weighted by Gasteiger charge is 2.22. The first-order chi connectivity index (χ1) is 9.54. The summed E-state index contributed by atoms with van der Waals surface area (Å²) < 4.78 is 0. The maximum Gasteiger partial charge on any atom is 0.326 e. The van der Waals surface area contributed by atoms with Crippen molar-refractivity contribution in [2.24, 2.45) is 5.73 Å². The normalized spacial score (nSPS) is 13.5. The van der Waals surface area contributed by atoms with Crippen molar-refractivity contribution in [3.63, 3.8) is 0 Å². The van der Waals surface area contributed by atoms with Gasteiger partial charge in [-0.15, -0.1) is 0 Å². The zero-order valence-electron chi connectivity index (χ0n) is 11.7. The molecule has 0 aromatic heterocycles. The van der Waals surface area contributed by atoms with Crippen molar-refractivity contribution in [3.8, 4) is 0 Å². The average Bonchev–Trinajstić information content (AvgIpc) is 2.44. The number of nitrogens with two attached hydrogens (primary N) is 1. The molecule has 0 aliphatic rings. The Morgan fingerprint density at radius 1 is 1.25 bits per heavy atom. The molecule has 0 bridgehead atoms. The maximum absolute atomic E-state index is 11.8. The molecule has 1 aromatic rings. The summed E-state index contributed by atoms with van der Waals surface area (Å²) in [6.45, 7) is 1.93. The summed E-state index contributed by atoms with van der Waals surface area (Å²) in [4.78, 5) is 22.9. The molecule has 20 heavy (non-hydrogen) atoms. The first kappa shape index (κ1) is 16.2. The molecule has 0 fully saturated rings. The van der Waals surface area contributed by atoms with Gasteiger partial charge in [-0.1, -0.05) is 43.7 Å². The largest absolute Gasteiger partial charge is 0.480 e. The van der Waals surface area contributed by atoms with E-state index >= 15 is 0 Å². The Balaban J connectivity index is 2.52. The Hall–Kier alpha value is -1.88. The number of carboxylic acid groups (broad SMARTS) is 1. The van der Waals surface area contributed by atoms with Crippen LogP contribution in [0.5, 0.6) is 0 Å². The molecule has 0 aliphatic carbocycles. The lowest BCUT2D eigenvalue weighted by molar-refractivity contribution is -0.142. The lowest BCUT2D eigenvalue weighted by Gasteiger charge is -2.17. The fourth-order valence-electron chi connectivity index (χ4n) is 1.93.